The van der Waals surface area contributed by atoms with Gasteiger partial charge in [0.2, 0.25) is 5.57 Å². The van der Waals surface area contributed by atoms with E-state index in [1.54, 1.807) is 0 Å². The Hall–Kier alpha value is -0.890. The maximum Gasteiger partial charge on any atom is 0.385 e. The van der Waals surface area contributed by atoms with E-state index >= 15 is 0 Å². The average molecular weight is 130 g/mol. The molecule has 1 heterocycles. The predicted molar refractivity (Wildman–Crippen MR) is 26.5 cm³/mol. The first-order valence-electron chi connectivity index (χ1n) is 1.94. The molecule has 4 nitrogen and oxygen atoms in total. The van der Waals surface area contributed by atoms with Gasteiger partial charge in [-0.3, -0.25) is 0 Å². The third-order valence-electron chi connectivity index (χ3n) is 0.657. The minimum atomic E-state index is -2.53. The van der Waals surface area contributed by atoms with E-state index in [1.807, 2.05) is 0 Å². The summed E-state index contributed by atoms with van der Waals surface area (Å²) in [4.78, 5) is 5.89. The second-order valence-corrected chi connectivity index (χ2v) is 2.11. The van der Waals surface area contributed by atoms with Gasteiger partial charge in [-0.25, -0.2) is 14.1 Å². The van der Waals surface area contributed by atoms with E-state index in [4.69, 9.17) is 0 Å². The number of aromatic amines is 1. The summed E-state index contributed by atoms with van der Waals surface area (Å²) in [6.45, 7) is 0. The molecule has 0 amide bonds. The highest BCUT2D eigenvalue weighted by atomic mass is 31.1. The topological polar surface area (TPSA) is 62.8 Å². The van der Waals surface area contributed by atoms with Crippen molar-refractivity contribution < 1.29 is 9.13 Å². The molecule has 1 N–H and O–H groups in total. The van der Waals surface area contributed by atoms with Gasteiger partial charge in [0, 0.05) is 12.4 Å². The zero-order valence-electron chi connectivity index (χ0n) is 3.87. The minimum absolute atomic E-state index is 0.0139. The van der Waals surface area contributed by atoms with E-state index in [0.29, 0.717) is 0 Å². The molecule has 0 aliphatic rings. The molecule has 1 rings (SSSR count). The van der Waals surface area contributed by atoms with Crippen LogP contribution in [-0.2, 0) is 9.13 Å². The first-order valence-corrected chi connectivity index (χ1v) is 3.12. The summed E-state index contributed by atoms with van der Waals surface area (Å²) in [5, 5.41) is 0. The summed E-state index contributed by atoms with van der Waals surface area (Å²) in [7, 11) is -2.53. The maximum atomic E-state index is 10.0. The average Bonchev–Trinajstić information content (AvgIpc) is 2.12. The van der Waals surface area contributed by atoms with Crippen LogP contribution in [0.5, 0.6) is 0 Å². The van der Waals surface area contributed by atoms with Crippen LogP contribution in [-0.4, -0.2) is 9.97 Å². The largest absolute Gasteiger partial charge is 0.385 e. The first-order chi connectivity index (χ1) is 3.80. The summed E-state index contributed by atoms with van der Waals surface area (Å²) in [5.41, 5.74) is 0.0139. The number of rotatable bonds is 1. The van der Waals surface area contributed by atoms with Crippen molar-refractivity contribution in [3.05, 3.63) is 12.4 Å². The van der Waals surface area contributed by atoms with Gasteiger partial charge in [0.15, 0.2) is 0 Å². The number of hydrogen-bond acceptors (Lipinski definition) is 3. The molecule has 8 heavy (non-hydrogen) atoms. The SMILES string of the molecule is O=P(=O)c1ncc[nH]1. The third-order valence-corrected chi connectivity index (χ3v) is 1.25. The van der Waals surface area contributed by atoms with E-state index in [0.717, 1.165) is 0 Å². The van der Waals surface area contributed by atoms with Gasteiger partial charge in [0.25, 0.3) is 0 Å². The second-order valence-electron chi connectivity index (χ2n) is 1.17. The number of nitrogens with zero attached hydrogens (tertiary/aromatic N) is 1. The molecule has 0 spiro atoms. The minimum Gasteiger partial charge on any atom is -0.336 e. The van der Waals surface area contributed by atoms with Crippen molar-refractivity contribution in [2.24, 2.45) is 0 Å². The fraction of sp³-hybridized carbons (Fsp3) is 0. The summed E-state index contributed by atoms with van der Waals surface area (Å²) in [6.07, 6.45) is 2.85. The van der Waals surface area contributed by atoms with Gasteiger partial charge in [-0.15, -0.1) is 0 Å². The molecule has 0 aliphatic heterocycles. The zero-order chi connectivity index (χ0) is 5.98. The van der Waals surface area contributed by atoms with Gasteiger partial charge in [0.1, 0.15) is 0 Å². The Morgan fingerprint density at radius 3 is 2.62 bits per heavy atom. The van der Waals surface area contributed by atoms with Crippen LogP contribution in [0.25, 0.3) is 0 Å². The predicted octanol–water partition coefficient (Wildman–Crippen LogP) is 0.208. The van der Waals surface area contributed by atoms with Crippen LogP contribution in [0.15, 0.2) is 12.4 Å². The lowest BCUT2D eigenvalue weighted by atomic mass is 11.0. The van der Waals surface area contributed by atoms with Crippen molar-refractivity contribution in [3.63, 3.8) is 0 Å². The lowest BCUT2D eigenvalue weighted by Crippen LogP contribution is -1.94. The quantitative estimate of drug-likeness (QED) is 0.552. The van der Waals surface area contributed by atoms with Crippen LogP contribution in [0.4, 0.5) is 0 Å². The van der Waals surface area contributed by atoms with Gasteiger partial charge >= 0.3 is 7.68 Å². The second kappa shape index (κ2) is 1.92. The van der Waals surface area contributed by atoms with Gasteiger partial charge in [-0.1, -0.05) is 0 Å². The molecule has 0 radical (unpaired) electrons. The highest BCUT2D eigenvalue weighted by Crippen LogP contribution is 1.95. The van der Waals surface area contributed by atoms with Crippen LogP contribution < -0.4 is 5.57 Å². The molecule has 0 unspecified atom stereocenters. The summed E-state index contributed by atoms with van der Waals surface area (Å²) < 4.78 is 20.0. The number of nitrogens with one attached hydrogen (secondary N) is 1. The van der Waals surface area contributed by atoms with Gasteiger partial charge in [-0.2, -0.15) is 0 Å². The molecule has 42 valence electrons. The molecule has 5 heteroatoms. The van der Waals surface area contributed by atoms with E-state index in [2.05, 4.69) is 9.97 Å². The smallest absolute Gasteiger partial charge is 0.336 e. The normalized spacial score (nSPS) is 9.00. The zero-order valence-corrected chi connectivity index (χ0v) is 4.76. The van der Waals surface area contributed by atoms with Crippen molar-refractivity contribution in [1.29, 1.82) is 0 Å². The molecular weight excluding hydrogens is 127 g/mol. The molecule has 0 saturated carbocycles. The van der Waals surface area contributed by atoms with Gasteiger partial charge in [0.05, 0.1) is 0 Å². The molecule has 0 fully saturated rings. The summed E-state index contributed by atoms with van der Waals surface area (Å²) in [5.74, 6) is 0. The van der Waals surface area contributed by atoms with Crippen molar-refractivity contribution >= 4 is 13.2 Å². The molecule has 0 saturated heterocycles. The Bertz CT molecular complexity index is 217. The maximum absolute atomic E-state index is 10.0. The Morgan fingerprint density at radius 1 is 1.62 bits per heavy atom. The molecule has 1 aromatic heterocycles. The Balaban J connectivity index is 3.11. The molecule has 0 aliphatic carbocycles. The van der Waals surface area contributed by atoms with Crippen LogP contribution in [0.2, 0.25) is 0 Å². The first kappa shape index (κ1) is 5.25. The number of H-pyrrole nitrogens is 1. The monoisotopic (exact) mass is 130 g/mol. The standard InChI is InChI=1S/C3H3N2O2P/c6-8(7)3-4-1-2-5-3/h1-2H,(H,4,5). The number of imidazole rings is 1. The summed E-state index contributed by atoms with van der Waals surface area (Å²) in [6, 6.07) is 0. The number of hydrogen-bond donors (Lipinski definition) is 1. The lowest BCUT2D eigenvalue weighted by molar-refractivity contribution is 0.521. The Morgan fingerprint density at radius 2 is 2.38 bits per heavy atom. The van der Waals surface area contributed by atoms with Gasteiger partial charge in [-0.05, 0) is 0 Å². The fourth-order valence-corrected chi connectivity index (χ4v) is 0.698. The highest BCUT2D eigenvalue weighted by Gasteiger charge is 1.96. The molecule has 0 atom stereocenters. The third kappa shape index (κ3) is 0.845. The van der Waals surface area contributed by atoms with Crippen LogP contribution >= 0.6 is 7.68 Å². The van der Waals surface area contributed by atoms with Crippen molar-refractivity contribution in [3.8, 4) is 0 Å². The van der Waals surface area contributed by atoms with Crippen LogP contribution in [0, 0.1) is 0 Å². The van der Waals surface area contributed by atoms with E-state index in [1.165, 1.54) is 12.4 Å². The van der Waals surface area contributed by atoms with E-state index in [9.17, 15) is 9.13 Å². The Labute approximate surface area is 45.8 Å². The molecule has 1 aromatic rings. The molecule has 0 aromatic carbocycles. The summed E-state index contributed by atoms with van der Waals surface area (Å²) >= 11 is 0. The van der Waals surface area contributed by atoms with E-state index < -0.39 is 7.68 Å². The van der Waals surface area contributed by atoms with Crippen molar-refractivity contribution in [2.75, 3.05) is 0 Å². The number of aromatic nitrogens is 2. The van der Waals surface area contributed by atoms with Crippen molar-refractivity contribution in [2.45, 2.75) is 0 Å². The molecular formula is C3H3N2O2P. The van der Waals surface area contributed by atoms with Gasteiger partial charge < -0.3 is 4.98 Å². The van der Waals surface area contributed by atoms with Crippen molar-refractivity contribution in [1.82, 2.24) is 9.97 Å². The lowest BCUT2D eigenvalue weighted by Gasteiger charge is -1.68. The molecule has 0 bridgehead atoms. The van der Waals surface area contributed by atoms with Crippen LogP contribution in [0.3, 0.4) is 0 Å². The fourth-order valence-electron chi connectivity index (χ4n) is 0.357. The van der Waals surface area contributed by atoms with Crippen LogP contribution in [0.1, 0.15) is 0 Å². The Kier molecular flexibility index (Phi) is 1.26. The highest BCUT2D eigenvalue weighted by molar-refractivity contribution is 7.39. The van der Waals surface area contributed by atoms with E-state index in [-0.39, 0.29) is 5.57 Å².